The lowest BCUT2D eigenvalue weighted by atomic mass is 9.90. The molecule has 0 unspecified atom stereocenters. The number of nitrogens with one attached hydrogen (secondary N) is 2. The van der Waals surface area contributed by atoms with Crippen molar-refractivity contribution in [2.24, 2.45) is 0 Å². The van der Waals surface area contributed by atoms with Crippen LogP contribution >= 0.6 is 24.8 Å². The van der Waals surface area contributed by atoms with Gasteiger partial charge in [0.1, 0.15) is 5.60 Å². The predicted molar refractivity (Wildman–Crippen MR) is 101 cm³/mol. The SMILES string of the molecule is COC1(C(=O)N2CCN(CC(=O)NC3CC3)CC2)CCNCC1.Cl.Cl. The molecule has 1 saturated carbocycles. The van der Waals surface area contributed by atoms with Crippen molar-refractivity contribution in [3.05, 3.63) is 0 Å². The van der Waals surface area contributed by atoms with Crippen LogP contribution in [0.25, 0.3) is 0 Å². The first kappa shape index (κ1) is 22.4. The number of ether oxygens (including phenoxy) is 1. The van der Waals surface area contributed by atoms with Gasteiger partial charge < -0.3 is 20.3 Å². The minimum Gasteiger partial charge on any atom is -0.368 e. The molecule has 2 N–H and O–H groups in total. The van der Waals surface area contributed by atoms with Crippen LogP contribution < -0.4 is 10.6 Å². The first-order chi connectivity index (χ1) is 11.1. The lowest BCUT2D eigenvalue weighted by molar-refractivity contribution is -0.160. The number of halogens is 2. The van der Waals surface area contributed by atoms with Crippen LogP contribution in [0, 0.1) is 0 Å². The summed E-state index contributed by atoms with van der Waals surface area (Å²) in [5.74, 6) is 0.225. The van der Waals surface area contributed by atoms with E-state index in [4.69, 9.17) is 4.74 Å². The molecule has 9 heteroatoms. The number of methoxy groups -OCH3 is 1. The number of carbonyl (C=O) groups is 2. The van der Waals surface area contributed by atoms with Gasteiger partial charge in [-0.2, -0.15) is 0 Å². The van der Waals surface area contributed by atoms with Crippen molar-refractivity contribution >= 4 is 36.6 Å². The monoisotopic (exact) mass is 396 g/mol. The highest BCUT2D eigenvalue weighted by Crippen LogP contribution is 2.25. The van der Waals surface area contributed by atoms with E-state index in [-0.39, 0.29) is 36.6 Å². The van der Waals surface area contributed by atoms with Gasteiger partial charge in [-0.3, -0.25) is 14.5 Å². The summed E-state index contributed by atoms with van der Waals surface area (Å²) in [6.07, 6.45) is 3.68. The maximum absolute atomic E-state index is 12.9. The van der Waals surface area contributed by atoms with E-state index in [0.29, 0.717) is 25.7 Å². The minimum atomic E-state index is -0.656. The Morgan fingerprint density at radius 1 is 1.12 bits per heavy atom. The zero-order valence-corrected chi connectivity index (χ0v) is 16.4. The third-order valence-electron chi connectivity index (χ3n) is 5.16. The quantitative estimate of drug-likeness (QED) is 0.685. The lowest BCUT2D eigenvalue weighted by Crippen LogP contribution is -2.59. The Morgan fingerprint density at radius 2 is 1.72 bits per heavy atom. The molecule has 25 heavy (non-hydrogen) atoms. The van der Waals surface area contributed by atoms with E-state index in [0.717, 1.165) is 51.9 Å². The molecular formula is C16H30Cl2N4O3. The lowest BCUT2D eigenvalue weighted by Gasteiger charge is -2.42. The molecule has 1 aliphatic carbocycles. The van der Waals surface area contributed by atoms with Crippen molar-refractivity contribution < 1.29 is 14.3 Å². The van der Waals surface area contributed by atoms with Gasteiger partial charge in [0.2, 0.25) is 5.91 Å². The standard InChI is InChI=1S/C16H28N4O3.2ClH/c1-23-16(4-6-17-7-5-16)15(22)20-10-8-19(9-11-20)12-14(21)18-13-2-3-13;;/h13,17H,2-12H2,1H3,(H,18,21);2*1H. The Hall–Kier alpha value is -0.600. The fourth-order valence-electron chi connectivity index (χ4n) is 3.44. The van der Waals surface area contributed by atoms with Gasteiger partial charge >= 0.3 is 0 Å². The number of nitrogens with zero attached hydrogens (tertiary/aromatic N) is 2. The van der Waals surface area contributed by atoms with Crippen molar-refractivity contribution in [2.45, 2.75) is 37.3 Å². The van der Waals surface area contributed by atoms with Crippen LogP contribution in [0.15, 0.2) is 0 Å². The van der Waals surface area contributed by atoms with Crippen molar-refractivity contribution in [1.29, 1.82) is 0 Å². The summed E-state index contributed by atoms with van der Waals surface area (Å²) in [4.78, 5) is 28.8. The van der Waals surface area contributed by atoms with Crippen LogP contribution in [0.4, 0.5) is 0 Å². The summed E-state index contributed by atoms with van der Waals surface area (Å²) in [5, 5.41) is 6.29. The predicted octanol–water partition coefficient (Wildman–Crippen LogP) is 0.0214. The number of hydrogen-bond acceptors (Lipinski definition) is 5. The van der Waals surface area contributed by atoms with E-state index in [2.05, 4.69) is 15.5 Å². The zero-order chi connectivity index (χ0) is 16.3. The molecule has 0 radical (unpaired) electrons. The van der Waals surface area contributed by atoms with Gasteiger partial charge in [0.15, 0.2) is 0 Å². The summed E-state index contributed by atoms with van der Waals surface area (Å²) in [6, 6.07) is 0.409. The van der Waals surface area contributed by atoms with Crippen molar-refractivity contribution in [2.75, 3.05) is 52.9 Å². The highest BCUT2D eigenvalue weighted by atomic mass is 35.5. The molecule has 2 aliphatic heterocycles. The summed E-state index contributed by atoms with van der Waals surface area (Å²) in [5.41, 5.74) is -0.656. The molecule has 3 aliphatic rings. The van der Waals surface area contributed by atoms with Gasteiger partial charge in [-0.15, -0.1) is 24.8 Å². The van der Waals surface area contributed by atoms with E-state index in [1.54, 1.807) is 7.11 Å². The molecule has 0 aromatic rings. The highest BCUT2D eigenvalue weighted by Gasteiger charge is 2.43. The molecule has 0 atom stereocenters. The first-order valence-electron chi connectivity index (χ1n) is 8.70. The average Bonchev–Trinajstić information content (AvgIpc) is 3.39. The summed E-state index contributed by atoms with van der Waals surface area (Å²) >= 11 is 0. The second kappa shape index (κ2) is 9.92. The van der Waals surface area contributed by atoms with Gasteiger partial charge in [-0.1, -0.05) is 0 Å². The molecular weight excluding hydrogens is 367 g/mol. The molecule has 3 rings (SSSR count). The van der Waals surface area contributed by atoms with Gasteiger partial charge in [0.05, 0.1) is 6.54 Å². The number of carbonyl (C=O) groups excluding carboxylic acids is 2. The van der Waals surface area contributed by atoms with Gasteiger partial charge in [0, 0.05) is 39.3 Å². The zero-order valence-electron chi connectivity index (χ0n) is 14.8. The smallest absolute Gasteiger partial charge is 0.254 e. The summed E-state index contributed by atoms with van der Waals surface area (Å²) in [6.45, 7) is 4.94. The van der Waals surface area contributed by atoms with Crippen LogP contribution in [-0.4, -0.2) is 86.2 Å². The van der Waals surface area contributed by atoms with E-state index >= 15 is 0 Å². The first-order valence-corrected chi connectivity index (χ1v) is 8.70. The topological polar surface area (TPSA) is 73.9 Å². The Bertz CT molecular complexity index is 449. The molecule has 0 bridgehead atoms. The van der Waals surface area contributed by atoms with Gasteiger partial charge in [0.25, 0.3) is 5.91 Å². The minimum absolute atomic E-state index is 0. The van der Waals surface area contributed by atoms with E-state index in [9.17, 15) is 9.59 Å². The number of hydrogen-bond donors (Lipinski definition) is 2. The van der Waals surface area contributed by atoms with E-state index < -0.39 is 5.60 Å². The van der Waals surface area contributed by atoms with Crippen LogP contribution in [-0.2, 0) is 14.3 Å². The van der Waals surface area contributed by atoms with Crippen LogP contribution in [0.3, 0.4) is 0 Å². The van der Waals surface area contributed by atoms with Gasteiger partial charge in [-0.25, -0.2) is 0 Å². The Kier molecular flexibility index (Phi) is 8.91. The molecule has 0 aromatic heterocycles. The Balaban J connectivity index is 0.00000156. The third-order valence-corrected chi connectivity index (χ3v) is 5.16. The van der Waals surface area contributed by atoms with Crippen molar-refractivity contribution in [3.63, 3.8) is 0 Å². The van der Waals surface area contributed by atoms with Gasteiger partial charge in [-0.05, 0) is 38.8 Å². The number of piperidine rings is 1. The number of piperazine rings is 1. The fourth-order valence-corrected chi connectivity index (χ4v) is 3.44. The number of rotatable bonds is 5. The summed E-state index contributed by atoms with van der Waals surface area (Å²) in [7, 11) is 1.64. The molecule has 2 heterocycles. The Morgan fingerprint density at radius 3 is 2.24 bits per heavy atom. The van der Waals surface area contributed by atoms with E-state index in [1.165, 1.54) is 0 Å². The molecule has 3 fully saturated rings. The second-order valence-corrected chi connectivity index (χ2v) is 6.86. The molecule has 0 spiro atoms. The Labute approximate surface area is 162 Å². The normalized spacial score (nSPS) is 23.2. The van der Waals surface area contributed by atoms with Crippen LogP contribution in [0.5, 0.6) is 0 Å². The maximum Gasteiger partial charge on any atom is 0.254 e. The maximum atomic E-state index is 12.9. The number of amides is 2. The van der Waals surface area contributed by atoms with Crippen molar-refractivity contribution in [3.8, 4) is 0 Å². The molecule has 2 saturated heterocycles. The highest BCUT2D eigenvalue weighted by molar-refractivity contribution is 5.86. The van der Waals surface area contributed by atoms with Crippen LogP contribution in [0.2, 0.25) is 0 Å². The summed E-state index contributed by atoms with van der Waals surface area (Å²) < 4.78 is 5.63. The van der Waals surface area contributed by atoms with E-state index in [1.807, 2.05) is 4.90 Å². The largest absolute Gasteiger partial charge is 0.368 e. The van der Waals surface area contributed by atoms with Crippen LogP contribution in [0.1, 0.15) is 25.7 Å². The molecule has 7 nitrogen and oxygen atoms in total. The third kappa shape index (κ3) is 5.69. The average molecular weight is 397 g/mol. The second-order valence-electron chi connectivity index (χ2n) is 6.86. The fraction of sp³-hybridized carbons (Fsp3) is 0.875. The van der Waals surface area contributed by atoms with Crippen molar-refractivity contribution in [1.82, 2.24) is 20.4 Å². The molecule has 0 aromatic carbocycles. The molecule has 2 amide bonds. The molecule has 146 valence electrons.